The van der Waals surface area contributed by atoms with Gasteiger partial charge in [0.25, 0.3) is 0 Å². The summed E-state index contributed by atoms with van der Waals surface area (Å²) < 4.78 is 0. The van der Waals surface area contributed by atoms with E-state index in [2.05, 4.69) is 29.4 Å². The largest absolute Gasteiger partial charge is 0.370 e. The van der Waals surface area contributed by atoms with Gasteiger partial charge in [-0.2, -0.15) is 0 Å². The van der Waals surface area contributed by atoms with Crippen molar-refractivity contribution in [3.63, 3.8) is 0 Å². The van der Waals surface area contributed by atoms with Crippen molar-refractivity contribution >= 4 is 5.96 Å². The third-order valence-electron chi connectivity index (χ3n) is 2.67. The summed E-state index contributed by atoms with van der Waals surface area (Å²) in [6.07, 6.45) is 4.50. The average molecular weight is 216 g/mol. The van der Waals surface area contributed by atoms with Crippen molar-refractivity contribution in [1.29, 1.82) is 0 Å². The minimum atomic E-state index is -0.847. The Morgan fingerprint density at radius 2 is 2.25 bits per heavy atom. The molecule has 1 aromatic carbocycles. The molecule has 1 aromatic rings. The first-order chi connectivity index (χ1) is 7.64. The molecule has 0 radical (unpaired) electrons. The van der Waals surface area contributed by atoms with E-state index in [9.17, 15) is 0 Å². The lowest BCUT2D eigenvalue weighted by molar-refractivity contribution is 0.580. The predicted molar refractivity (Wildman–Crippen MR) is 65.6 cm³/mol. The number of nitrogens with one attached hydrogen (secondary N) is 1. The summed E-state index contributed by atoms with van der Waals surface area (Å²) in [4.78, 5) is 4.23. The minimum absolute atomic E-state index is 0.340. The van der Waals surface area contributed by atoms with Crippen LogP contribution in [0.4, 0.5) is 0 Å². The van der Waals surface area contributed by atoms with Crippen LogP contribution in [0.2, 0.25) is 0 Å². The van der Waals surface area contributed by atoms with E-state index in [-0.39, 0.29) is 0 Å². The number of hydrogen-bond acceptors (Lipinski definition) is 4. The second-order valence-corrected chi connectivity index (χ2v) is 3.85. The number of nitrogens with two attached hydrogens (primary N) is 2. The number of nitrogens with zero attached hydrogens (tertiary/aromatic N) is 1. The van der Waals surface area contributed by atoms with Crippen LogP contribution in [0.25, 0.3) is 0 Å². The summed E-state index contributed by atoms with van der Waals surface area (Å²) in [5.74, 6) is 0.340. The maximum absolute atomic E-state index is 6.20. The molecule has 4 heteroatoms. The van der Waals surface area contributed by atoms with E-state index in [1.54, 1.807) is 12.3 Å². The van der Waals surface area contributed by atoms with Crippen molar-refractivity contribution in [2.45, 2.75) is 19.0 Å². The molecule has 1 aliphatic rings. The lowest BCUT2D eigenvalue weighted by atomic mass is 9.97. The second kappa shape index (κ2) is 3.98. The zero-order valence-electron chi connectivity index (χ0n) is 9.27. The lowest BCUT2D eigenvalue weighted by Gasteiger charge is -2.25. The molecule has 16 heavy (non-hydrogen) atoms. The van der Waals surface area contributed by atoms with Crippen LogP contribution in [0.3, 0.4) is 0 Å². The summed E-state index contributed by atoms with van der Waals surface area (Å²) in [5, 5.41) is 2.80. The predicted octanol–water partition coefficient (Wildman–Crippen LogP) is 0.792. The summed E-state index contributed by atoms with van der Waals surface area (Å²) in [6, 6.07) is 8.09. The SMILES string of the molecule is CCc1cccc(C2(N)C=CNC(N)=N2)c1. The third kappa shape index (κ3) is 1.92. The lowest BCUT2D eigenvalue weighted by Crippen LogP contribution is -2.42. The molecule has 0 saturated carbocycles. The van der Waals surface area contributed by atoms with Crippen molar-refractivity contribution in [3.8, 4) is 0 Å². The van der Waals surface area contributed by atoms with Gasteiger partial charge in [-0.1, -0.05) is 31.2 Å². The fourth-order valence-electron chi connectivity index (χ4n) is 1.72. The van der Waals surface area contributed by atoms with E-state index in [0.29, 0.717) is 5.96 Å². The van der Waals surface area contributed by atoms with Crippen LogP contribution in [-0.2, 0) is 12.1 Å². The van der Waals surface area contributed by atoms with E-state index in [0.717, 1.165) is 12.0 Å². The standard InChI is InChI=1S/C12H16N4/c1-2-9-4-3-5-10(8-9)12(14)6-7-15-11(13)16-12/h3-8H,2,14H2,1H3,(H3,13,15,16). The van der Waals surface area contributed by atoms with Crippen LogP contribution < -0.4 is 16.8 Å². The molecule has 4 nitrogen and oxygen atoms in total. The van der Waals surface area contributed by atoms with Crippen LogP contribution >= 0.6 is 0 Å². The van der Waals surface area contributed by atoms with Gasteiger partial charge in [-0.3, -0.25) is 5.73 Å². The van der Waals surface area contributed by atoms with Gasteiger partial charge >= 0.3 is 0 Å². The molecule has 1 unspecified atom stereocenters. The number of guanidine groups is 1. The molecule has 0 saturated heterocycles. The maximum atomic E-state index is 6.20. The molecule has 1 heterocycles. The van der Waals surface area contributed by atoms with E-state index < -0.39 is 5.66 Å². The van der Waals surface area contributed by atoms with E-state index in [4.69, 9.17) is 11.5 Å². The molecule has 84 valence electrons. The first kappa shape index (κ1) is 10.7. The molecule has 5 N–H and O–H groups in total. The third-order valence-corrected chi connectivity index (χ3v) is 2.67. The monoisotopic (exact) mass is 216 g/mol. The summed E-state index contributed by atoms with van der Waals surface area (Å²) in [7, 11) is 0. The topological polar surface area (TPSA) is 76.4 Å². The molecular formula is C12H16N4. The Kier molecular flexibility index (Phi) is 2.66. The normalized spacial score (nSPS) is 23.8. The highest BCUT2D eigenvalue weighted by Gasteiger charge is 2.25. The van der Waals surface area contributed by atoms with Crippen molar-refractivity contribution in [2.24, 2.45) is 16.5 Å². The van der Waals surface area contributed by atoms with Gasteiger partial charge in [0.05, 0.1) is 0 Å². The molecule has 1 aliphatic heterocycles. The van der Waals surface area contributed by atoms with Gasteiger partial charge in [0, 0.05) is 6.20 Å². The van der Waals surface area contributed by atoms with Gasteiger partial charge in [0.2, 0.25) is 0 Å². The highest BCUT2D eigenvalue weighted by Crippen LogP contribution is 2.23. The van der Waals surface area contributed by atoms with Crippen LogP contribution in [0.1, 0.15) is 18.1 Å². The minimum Gasteiger partial charge on any atom is -0.370 e. The summed E-state index contributed by atoms with van der Waals surface area (Å²) in [6.45, 7) is 2.11. The smallest absolute Gasteiger partial charge is 0.195 e. The molecule has 0 bridgehead atoms. The van der Waals surface area contributed by atoms with E-state index in [1.165, 1.54) is 5.56 Å². The Labute approximate surface area is 95.1 Å². The van der Waals surface area contributed by atoms with Gasteiger partial charge < -0.3 is 11.1 Å². The highest BCUT2D eigenvalue weighted by atomic mass is 15.2. The van der Waals surface area contributed by atoms with Gasteiger partial charge in [0.15, 0.2) is 11.6 Å². The van der Waals surface area contributed by atoms with Gasteiger partial charge in [-0.15, -0.1) is 0 Å². The fourth-order valence-corrected chi connectivity index (χ4v) is 1.72. The zero-order chi connectivity index (χ0) is 11.6. The van der Waals surface area contributed by atoms with Crippen molar-refractivity contribution in [3.05, 3.63) is 47.7 Å². The van der Waals surface area contributed by atoms with E-state index >= 15 is 0 Å². The zero-order valence-corrected chi connectivity index (χ0v) is 9.27. The summed E-state index contributed by atoms with van der Waals surface area (Å²) in [5.41, 5.74) is 13.2. The van der Waals surface area contributed by atoms with Gasteiger partial charge in [-0.25, -0.2) is 4.99 Å². The molecule has 0 aliphatic carbocycles. The Morgan fingerprint density at radius 1 is 1.44 bits per heavy atom. The first-order valence-corrected chi connectivity index (χ1v) is 5.32. The maximum Gasteiger partial charge on any atom is 0.195 e. The molecule has 1 atom stereocenters. The van der Waals surface area contributed by atoms with Gasteiger partial charge in [-0.05, 0) is 23.6 Å². The Bertz CT molecular complexity index is 450. The fraction of sp³-hybridized carbons (Fsp3) is 0.250. The number of hydrogen-bond donors (Lipinski definition) is 3. The van der Waals surface area contributed by atoms with Crippen molar-refractivity contribution in [2.75, 3.05) is 0 Å². The molecule has 0 fully saturated rings. The van der Waals surface area contributed by atoms with Crippen LogP contribution in [0.5, 0.6) is 0 Å². The molecular weight excluding hydrogens is 200 g/mol. The van der Waals surface area contributed by atoms with Crippen molar-refractivity contribution in [1.82, 2.24) is 5.32 Å². The van der Waals surface area contributed by atoms with Gasteiger partial charge in [0.1, 0.15) is 0 Å². The number of aryl methyl sites for hydroxylation is 1. The highest BCUT2D eigenvalue weighted by molar-refractivity contribution is 5.80. The molecule has 2 rings (SSSR count). The van der Waals surface area contributed by atoms with Crippen LogP contribution in [0, 0.1) is 0 Å². The van der Waals surface area contributed by atoms with Crippen LogP contribution in [0.15, 0.2) is 41.5 Å². The second-order valence-electron chi connectivity index (χ2n) is 3.85. The molecule has 0 spiro atoms. The summed E-state index contributed by atoms with van der Waals surface area (Å²) >= 11 is 0. The Hall–Kier alpha value is -1.81. The average Bonchev–Trinajstić information content (AvgIpc) is 2.29. The van der Waals surface area contributed by atoms with Crippen LogP contribution in [-0.4, -0.2) is 5.96 Å². The first-order valence-electron chi connectivity index (χ1n) is 5.32. The van der Waals surface area contributed by atoms with E-state index in [1.807, 2.05) is 12.1 Å². The Morgan fingerprint density at radius 3 is 2.94 bits per heavy atom. The number of rotatable bonds is 2. The quantitative estimate of drug-likeness (QED) is 0.684. The molecule has 0 amide bonds. The number of aliphatic imine (C=N–C) groups is 1. The number of benzene rings is 1. The van der Waals surface area contributed by atoms with Crippen molar-refractivity contribution < 1.29 is 0 Å². The molecule has 0 aromatic heterocycles. The Balaban J connectivity index is 2.42.